The molecule has 2 rings (SSSR count). The molecule has 0 saturated heterocycles. The maximum absolute atomic E-state index is 12.4. The number of carbonyl (C=O) groups excluding carboxylic acids is 1. The second-order valence-electron chi connectivity index (χ2n) is 5.70. The van der Waals surface area contributed by atoms with Crippen molar-refractivity contribution in [2.45, 2.75) is 50.5 Å². The highest BCUT2D eigenvalue weighted by Crippen LogP contribution is 2.26. The first kappa shape index (κ1) is 16.3. The van der Waals surface area contributed by atoms with Crippen molar-refractivity contribution in [2.24, 2.45) is 5.92 Å². The lowest BCUT2D eigenvalue weighted by atomic mass is 10.0. The summed E-state index contributed by atoms with van der Waals surface area (Å²) in [4.78, 5) is 12.4. The Morgan fingerprint density at radius 1 is 1.38 bits per heavy atom. The molecule has 1 aliphatic rings. The molecule has 21 heavy (non-hydrogen) atoms. The minimum absolute atomic E-state index is 0.0358. The van der Waals surface area contributed by atoms with E-state index in [0.29, 0.717) is 17.9 Å². The van der Waals surface area contributed by atoms with Crippen molar-refractivity contribution in [3.8, 4) is 0 Å². The van der Waals surface area contributed by atoms with Gasteiger partial charge in [0.1, 0.15) is 0 Å². The molecule has 0 bridgehead atoms. The highest BCUT2D eigenvalue weighted by atomic mass is 35.7. The quantitative estimate of drug-likeness (QED) is 0.863. The van der Waals surface area contributed by atoms with Gasteiger partial charge in [0.25, 0.3) is 15.0 Å². The minimum atomic E-state index is -3.83. The average molecular weight is 330 g/mol. The molecule has 1 saturated carbocycles. The number of carbonyl (C=O) groups is 1. The van der Waals surface area contributed by atoms with E-state index in [9.17, 15) is 13.2 Å². The summed E-state index contributed by atoms with van der Waals surface area (Å²) >= 11 is 0. The van der Waals surface area contributed by atoms with Crippen LogP contribution < -0.4 is 5.32 Å². The van der Waals surface area contributed by atoms with Gasteiger partial charge in [0.2, 0.25) is 0 Å². The maximum atomic E-state index is 12.4. The third-order valence-electron chi connectivity index (χ3n) is 4.02. The Morgan fingerprint density at radius 2 is 2.10 bits per heavy atom. The zero-order valence-electron chi connectivity index (χ0n) is 12.2. The van der Waals surface area contributed by atoms with E-state index >= 15 is 0 Å². The van der Waals surface area contributed by atoms with E-state index in [1.165, 1.54) is 12.1 Å². The number of benzene rings is 1. The summed E-state index contributed by atoms with van der Waals surface area (Å²) in [6.07, 6.45) is 3.72. The van der Waals surface area contributed by atoms with Crippen LogP contribution in [0.25, 0.3) is 0 Å². The molecule has 0 radical (unpaired) electrons. The molecule has 1 N–H and O–H groups in total. The number of halogens is 1. The van der Waals surface area contributed by atoms with Crippen LogP contribution in [0.15, 0.2) is 23.1 Å². The zero-order valence-corrected chi connectivity index (χ0v) is 13.8. The van der Waals surface area contributed by atoms with Gasteiger partial charge in [-0.25, -0.2) is 8.42 Å². The number of nitrogens with one attached hydrogen (secondary N) is 1. The van der Waals surface area contributed by atoms with Gasteiger partial charge in [0, 0.05) is 22.3 Å². The van der Waals surface area contributed by atoms with Crippen LogP contribution in [0.4, 0.5) is 0 Å². The summed E-state index contributed by atoms with van der Waals surface area (Å²) in [5.41, 5.74) is 1.22. The van der Waals surface area contributed by atoms with E-state index in [1.54, 1.807) is 6.07 Å². The molecule has 0 spiro atoms. The van der Waals surface area contributed by atoms with Crippen LogP contribution >= 0.6 is 10.7 Å². The Bertz CT molecular complexity index is 642. The van der Waals surface area contributed by atoms with Crippen LogP contribution in [0.5, 0.6) is 0 Å². The summed E-state index contributed by atoms with van der Waals surface area (Å²) in [6.45, 7) is 4.10. The highest BCUT2D eigenvalue weighted by Gasteiger charge is 2.24. The first-order valence-electron chi connectivity index (χ1n) is 7.19. The van der Waals surface area contributed by atoms with Crippen LogP contribution in [0.2, 0.25) is 0 Å². The molecule has 0 aliphatic heterocycles. The first-order valence-corrected chi connectivity index (χ1v) is 9.50. The van der Waals surface area contributed by atoms with Crippen LogP contribution in [0, 0.1) is 5.92 Å². The van der Waals surface area contributed by atoms with Gasteiger partial charge < -0.3 is 5.32 Å². The fourth-order valence-electron chi connectivity index (χ4n) is 2.83. The van der Waals surface area contributed by atoms with E-state index in [0.717, 1.165) is 24.8 Å². The third kappa shape index (κ3) is 3.98. The van der Waals surface area contributed by atoms with Gasteiger partial charge in [-0.2, -0.15) is 0 Å². The Labute approximate surface area is 130 Å². The summed E-state index contributed by atoms with van der Waals surface area (Å²) in [5.74, 6) is 0.406. The monoisotopic (exact) mass is 329 g/mol. The molecule has 1 fully saturated rings. The fraction of sp³-hybridized carbons (Fsp3) is 0.533. The largest absolute Gasteiger partial charge is 0.349 e. The maximum Gasteiger partial charge on any atom is 0.261 e. The number of amides is 1. The van der Waals surface area contributed by atoms with Crippen molar-refractivity contribution in [3.63, 3.8) is 0 Å². The van der Waals surface area contributed by atoms with Gasteiger partial charge in [-0.15, -0.1) is 0 Å². The Balaban J connectivity index is 2.26. The predicted molar refractivity (Wildman–Crippen MR) is 83.1 cm³/mol. The van der Waals surface area contributed by atoms with Gasteiger partial charge in [-0.05, 0) is 49.3 Å². The van der Waals surface area contributed by atoms with Gasteiger partial charge in [0.15, 0.2) is 0 Å². The second kappa shape index (κ2) is 6.36. The number of aryl methyl sites for hydroxylation is 1. The highest BCUT2D eigenvalue weighted by molar-refractivity contribution is 8.13. The number of rotatable bonds is 4. The molecule has 1 aromatic rings. The van der Waals surface area contributed by atoms with Gasteiger partial charge in [-0.3, -0.25) is 4.79 Å². The Hall–Kier alpha value is -1.07. The topological polar surface area (TPSA) is 63.2 Å². The Morgan fingerprint density at radius 3 is 2.62 bits per heavy atom. The molecule has 2 unspecified atom stereocenters. The van der Waals surface area contributed by atoms with Crippen LogP contribution in [-0.4, -0.2) is 20.4 Å². The fourth-order valence-corrected chi connectivity index (χ4v) is 3.61. The first-order chi connectivity index (χ1) is 9.81. The van der Waals surface area contributed by atoms with E-state index in [2.05, 4.69) is 12.2 Å². The molecule has 2 atom stereocenters. The standard InChI is InChI=1S/C15H20ClNO3S/c1-3-11-5-7-13(21(16,19)20)9-14(11)15(18)17-12-6-4-10(2)8-12/h5,7,9-10,12H,3-4,6,8H2,1-2H3,(H,17,18). The smallest absolute Gasteiger partial charge is 0.261 e. The van der Waals surface area contributed by atoms with Crippen molar-refractivity contribution < 1.29 is 13.2 Å². The van der Waals surface area contributed by atoms with Crippen molar-refractivity contribution in [1.29, 1.82) is 0 Å². The van der Waals surface area contributed by atoms with Crippen LogP contribution in [0.1, 0.15) is 49.0 Å². The third-order valence-corrected chi connectivity index (χ3v) is 5.37. The lowest BCUT2D eigenvalue weighted by Crippen LogP contribution is -2.33. The molecular weight excluding hydrogens is 310 g/mol. The van der Waals surface area contributed by atoms with Gasteiger partial charge in [0.05, 0.1) is 4.90 Å². The molecule has 1 aromatic carbocycles. The van der Waals surface area contributed by atoms with E-state index < -0.39 is 9.05 Å². The molecule has 116 valence electrons. The molecule has 1 aliphatic carbocycles. The normalized spacial score (nSPS) is 22.2. The van der Waals surface area contributed by atoms with E-state index in [1.807, 2.05) is 6.92 Å². The predicted octanol–water partition coefficient (Wildman–Crippen LogP) is 3.09. The van der Waals surface area contributed by atoms with Crippen molar-refractivity contribution >= 4 is 25.6 Å². The lowest BCUT2D eigenvalue weighted by molar-refractivity contribution is 0.0936. The summed E-state index contributed by atoms with van der Waals surface area (Å²) in [5, 5.41) is 3.00. The molecular formula is C15H20ClNO3S. The lowest BCUT2D eigenvalue weighted by Gasteiger charge is -2.15. The summed E-state index contributed by atoms with van der Waals surface area (Å²) in [6, 6.07) is 4.64. The zero-order chi connectivity index (χ0) is 15.6. The SMILES string of the molecule is CCc1ccc(S(=O)(=O)Cl)cc1C(=O)NC1CCC(C)C1. The molecule has 0 heterocycles. The number of hydrogen-bond acceptors (Lipinski definition) is 3. The second-order valence-corrected chi connectivity index (χ2v) is 8.26. The van der Waals surface area contributed by atoms with Crippen LogP contribution in [-0.2, 0) is 15.5 Å². The Kier molecular flexibility index (Phi) is 4.94. The van der Waals surface area contributed by atoms with E-state index in [4.69, 9.17) is 10.7 Å². The van der Waals surface area contributed by atoms with Crippen LogP contribution in [0.3, 0.4) is 0 Å². The molecule has 1 amide bonds. The van der Waals surface area contributed by atoms with Gasteiger partial charge >= 0.3 is 0 Å². The van der Waals surface area contributed by atoms with Gasteiger partial charge in [-0.1, -0.05) is 19.9 Å². The summed E-state index contributed by atoms with van der Waals surface area (Å²) in [7, 11) is 1.53. The van der Waals surface area contributed by atoms with E-state index in [-0.39, 0.29) is 16.8 Å². The summed E-state index contributed by atoms with van der Waals surface area (Å²) < 4.78 is 22.9. The molecule has 6 heteroatoms. The molecule has 4 nitrogen and oxygen atoms in total. The molecule has 0 aromatic heterocycles. The minimum Gasteiger partial charge on any atom is -0.349 e. The average Bonchev–Trinajstić information content (AvgIpc) is 2.82. The number of hydrogen-bond donors (Lipinski definition) is 1. The van der Waals surface area contributed by atoms with Crippen molar-refractivity contribution in [2.75, 3.05) is 0 Å². The van der Waals surface area contributed by atoms with Crippen molar-refractivity contribution in [3.05, 3.63) is 29.3 Å². The van der Waals surface area contributed by atoms with Crippen molar-refractivity contribution in [1.82, 2.24) is 5.32 Å².